The van der Waals surface area contributed by atoms with E-state index in [0.717, 1.165) is 0 Å². The molecular formula is C27H36O7. The Balaban J connectivity index is 1.92. The number of fused-ring (bicyclic) bond motifs is 5. The third-order valence-electron chi connectivity index (χ3n) is 9.19. The molecule has 186 valence electrons. The zero-order valence-corrected chi connectivity index (χ0v) is 21.0. The number of carbonyl (C=O) groups excluding carboxylic acids is 3. The molecule has 0 aliphatic heterocycles. The highest BCUT2D eigenvalue weighted by atomic mass is 16.6. The first kappa shape index (κ1) is 24.9. The van der Waals surface area contributed by atoms with Crippen molar-refractivity contribution in [1.82, 2.24) is 0 Å². The molecular weight excluding hydrogens is 436 g/mol. The quantitative estimate of drug-likeness (QED) is 0.368. The van der Waals surface area contributed by atoms with Gasteiger partial charge in [-0.1, -0.05) is 39.0 Å². The topological polar surface area (TPSA) is 110 Å². The van der Waals surface area contributed by atoms with Crippen LogP contribution in [0.5, 0.6) is 0 Å². The van der Waals surface area contributed by atoms with Gasteiger partial charge in [0.25, 0.3) is 0 Å². The maximum atomic E-state index is 13.0. The van der Waals surface area contributed by atoms with Crippen LogP contribution in [0.4, 0.5) is 0 Å². The van der Waals surface area contributed by atoms with E-state index in [4.69, 9.17) is 9.47 Å². The van der Waals surface area contributed by atoms with Gasteiger partial charge in [-0.2, -0.15) is 0 Å². The number of rotatable bonds is 4. The van der Waals surface area contributed by atoms with Gasteiger partial charge in [0, 0.05) is 47.5 Å². The summed E-state index contributed by atoms with van der Waals surface area (Å²) in [5.74, 6) is -3.55. The summed E-state index contributed by atoms with van der Waals surface area (Å²) in [6.45, 7) is 12.0. The lowest BCUT2D eigenvalue weighted by molar-refractivity contribution is -0.218. The largest absolute Gasteiger partial charge is 0.454 e. The fourth-order valence-electron chi connectivity index (χ4n) is 7.32. The van der Waals surface area contributed by atoms with Gasteiger partial charge in [-0.05, 0) is 38.3 Å². The van der Waals surface area contributed by atoms with Gasteiger partial charge in [0.15, 0.2) is 11.4 Å². The van der Waals surface area contributed by atoms with Gasteiger partial charge >= 0.3 is 11.9 Å². The Labute approximate surface area is 200 Å². The van der Waals surface area contributed by atoms with Crippen LogP contribution in [0, 0.1) is 35.0 Å². The maximum absolute atomic E-state index is 13.0. The smallest absolute Gasteiger partial charge is 0.333 e. The van der Waals surface area contributed by atoms with E-state index < -0.39 is 58.3 Å². The second-order valence-corrected chi connectivity index (χ2v) is 11.1. The molecule has 2 saturated carbocycles. The third kappa shape index (κ3) is 3.05. The molecule has 2 N–H and O–H groups in total. The van der Waals surface area contributed by atoms with E-state index in [2.05, 4.69) is 0 Å². The van der Waals surface area contributed by atoms with Crippen LogP contribution in [0.15, 0.2) is 34.9 Å². The van der Waals surface area contributed by atoms with Gasteiger partial charge in [-0.25, -0.2) is 4.79 Å². The second kappa shape index (κ2) is 7.89. The Hall–Kier alpha value is -2.25. The van der Waals surface area contributed by atoms with Crippen molar-refractivity contribution >= 4 is 17.7 Å². The molecule has 4 rings (SSSR count). The van der Waals surface area contributed by atoms with Crippen LogP contribution in [0.3, 0.4) is 0 Å². The van der Waals surface area contributed by atoms with Crippen molar-refractivity contribution in [3.05, 3.63) is 34.9 Å². The van der Waals surface area contributed by atoms with E-state index in [1.807, 2.05) is 32.9 Å². The third-order valence-corrected chi connectivity index (χ3v) is 9.19. The van der Waals surface area contributed by atoms with Crippen LogP contribution in [0.1, 0.15) is 54.9 Å². The first-order valence-electron chi connectivity index (χ1n) is 12.1. The van der Waals surface area contributed by atoms with Crippen molar-refractivity contribution < 1.29 is 34.1 Å². The first-order valence-corrected chi connectivity index (χ1v) is 12.1. The summed E-state index contributed by atoms with van der Waals surface area (Å²) in [6.07, 6.45) is 4.83. The fraction of sp³-hybridized carbons (Fsp3) is 0.667. The Bertz CT molecular complexity index is 1030. The summed E-state index contributed by atoms with van der Waals surface area (Å²) in [7, 11) is 0. The molecule has 0 bridgehead atoms. The summed E-state index contributed by atoms with van der Waals surface area (Å²) in [5.41, 5.74) is -1.47. The molecule has 0 heterocycles. The number of carbonyl (C=O) groups is 3. The van der Waals surface area contributed by atoms with Gasteiger partial charge in [0.1, 0.15) is 6.10 Å². The van der Waals surface area contributed by atoms with E-state index in [9.17, 15) is 24.6 Å². The number of hydrogen-bond donors (Lipinski definition) is 2. The first-order chi connectivity index (χ1) is 15.8. The highest BCUT2D eigenvalue weighted by Crippen LogP contribution is 2.76. The molecule has 0 unspecified atom stereocenters. The van der Waals surface area contributed by atoms with Gasteiger partial charge in [0.05, 0.1) is 12.2 Å². The molecule has 0 aromatic carbocycles. The van der Waals surface area contributed by atoms with Crippen LogP contribution in [-0.2, 0) is 23.9 Å². The fourth-order valence-corrected chi connectivity index (χ4v) is 7.32. The molecule has 0 amide bonds. The molecule has 34 heavy (non-hydrogen) atoms. The van der Waals surface area contributed by atoms with Crippen molar-refractivity contribution in [2.45, 2.75) is 72.2 Å². The Morgan fingerprint density at radius 1 is 1.21 bits per heavy atom. The maximum Gasteiger partial charge on any atom is 0.333 e. The number of aliphatic hydroxyl groups is 2. The van der Waals surface area contributed by atoms with E-state index in [1.165, 1.54) is 6.92 Å². The summed E-state index contributed by atoms with van der Waals surface area (Å²) in [5, 5.41) is 22.6. The number of esters is 2. The van der Waals surface area contributed by atoms with Crippen LogP contribution in [-0.4, -0.2) is 51.8 Å². The lowest BCUT2D eigenvalue weighted by Gasteiger charge is -2.52. The lowest BCUT2D eigenvalue weighted by atomic mass is 9.60. The second-order valence-electron chi connectivity index (χ2n) is 11.1. The lowest BCUT2D eigenvalue weighted by Crippen LogP contribution is -2.63. The molecule has 0 spiro atoms. The summed E-state index contributed by atoms with van der Waals surface area (Å²) in [6, 6.07) is 0. The number of allylic oxidation sites excluding steroid dienone is 2. The van der Waals surface area contributed by atoms with Crippen molar-refractivity contribution in [3.63, 3.8) is 0 Å². The Morgan fingerprint density at radius 2 is 1.85 bits per heavy atom. The van der Waals surface area contributed by atoms with E-state index >= 15 is 0 Å². The average molecular weight is 473 g/mol. The number of hydrogen-bond acceptors (Lipinski definition) is 7. The average Bonchev–Trinajstić information content (AvgIpc) is 3.16. The molecule has 7 heteroatoms. The van der Waals surface area contributed by atoms with Crippen LogP contribution in [0.2, 0.25) is 0 Å². The molecule has 4 aliphatic rings. The zero-order valence-electron chi connectivity index (χ0n) is 21.0. The number of ether oxygens (including phenoxy) is 2. The normalized spacial score (nSPS) is 42.4. The van der Waals surface area contributed by atoms with E-state index in [-0.39, 0.29) is 18.3 Å². The molecule has 0 radical (unpaired) electrons. The van der Waals surface area contributed by atoms with Gasteiger partial charge in [0.2, 0.25) is 0 Å². The van der Waals surface area contributed by atoms with Crippen molar-refractivity contribution in [3.8, 4) is 0 Å². The van der Waals surface area contributed by atoms with E-state index in [0.29, 0.717) is 23.1 Å². The monoisotopic (exact) mass is 472 g/mol. The van der Waals surface area contributed by atoms with Crippen molar-refractivity contribution in [2.75, 3.05) is 6.61 Å². The van der Waals surface area contributed by atoms with Crippen LogP contribution in [0.25, 0.3) is 0 Å². The van der Waals surface area contributed by atoms with Crippen LogP contribution < -0.4 is 0 Å². The van der Waals surface area contributed by atoms with Crippen molar-refractivity contribution in [2.24, 2.45) is 35.0 Å². The summed E-state index contributed by atoms with van der Waals surface area (Å²) in [4.78, 5) is 38.3. The highest BCUT2D eigenvalue weighted by Gasteiger charge is 2.87. The summed E-state index contributed by atoms with van der Waals surface area (Å²) >= 11 is 0. The van der Waals surface area contributed by atoms with Gasteiger partial charge < -0.3 is 19.7 Å². The number of aliphatic hydroxyl groups excluding tert-OH is 1. The Kier molecular flexibility index (Phi) is 5.77. The predicted octanol–water partition coefficient (Wildman–Crippen LogP) is 2.90. The number of Topliss-reactive ketones (excluding diaryl/α,β-unsaturated/α-hetero) is 1. The Morgan fingerprint density at radius 3 is 2.41 bits per heavy atom. The standard InChI is InChI=1S/C27H36O7/c1-8-13(2)24(31)33-23-15(4)26(32)19-9-14(3)21(30)18(19)10-17(12-28)11-20(26)22-25(6,7)27(22,23)34-16(5)29/h8-9,11,15,18-20,22-23,28,32H,10,12H2,1-7H3/b13-8+/t15-,18-,19-,20+,22-,23-,26+,27-/m1/s1. The zero-order chi connectivity index (χ0) is 25.4. The molecule has 0 aromatic heterocycles. The minimum Gasteiger partial charge on any atom is -0.454 e. The summed E-state index contributed by atoms with van der Waals surface area (Å²) < 4.78 is 12.0. The molecule has 0 saturated heterocycles. The van der Waals surface area contributed by atoms with Crippen molar-refractivity contribution in [1.29, 1.82) is 0 Å². The predicted molar refractivity (Wildman–Crippen MR) is 124 cm³/mol. The van der Waals surface area contributed by atoms with Crippen LogP contribution >= 0.6 is 0 Å². The SMILES string of the molecule is C/C=C(\C)C(=O)O[C@@H]1[C@@H](C)[C@]2(O)[C@@H]3C=C(C)C(=O)[C@@H]3CC(CO)=C[C@H]2[C@@H]2C(C)(C)[C@]12OC(C)=O. The number of ketones is 1. The minimum absolute atomic E-state index is 0.0317. The minimum atomic E-state index is -1.44. The molecule has 7 nitrogen and oxygen atoms in total. The van der Waals surface area contributed by atoms with E-state index in [1.54, 1.807) is 26.8 Å². The highest BCUT2D eigenvalue weighted by molar-refractivity contribution is 6.00. The molecule has 4 aliphatic carbocycles. The molecule has 8 atom stereocenters. The molecule has 0 aromatic rings. The van der Waals surface area contributed by atoms with Gasteiger partial charge in [-0.3, -0.25) is 9.59 Å². The van der Waals surface area contributed by atoms with Gasteiger partial charge in [-0.15, -0.1) is 0 Å². The molecule has 2 fully saturated rings.